The number of anilines is 1. The first-order valence-corrected chi connectivity index (χ1v) is 8.14. The molecule has 0 saturated carbocycles. The summed E-state index contributed by atoms with van der Waals surface area (Å²) in [6.45, 7) is 4.36. The maximum Gasteiger partial charge on any atom is 0.290 e. The van der Waals surface area contributed by atoms with Crippen LogP contribution in [0.15, 0.2) is 28.9 Å². The minimum absolute atomic E-state index is 0.233. The second-order valence-corrected chi connectivity index (χ2v) is 5.94. The predicted octanol–water partition coefficient (Wildman–Crippen LogP) is 2.69. The molecule has 6 nitrogen and oxygen atoms in total. The van der Waals surface area contributed by atoms with Crippen LogP contribution in [0.5, 0.6) is 0 Å². The van der Waals surface area contributed by atoms with Crippen molar-refractivity contribution in [2.24, 2.45) is 0 Å². The van der Waals surface area contributed by atoms with Gasteiger partial charge in [0.15, 0.2) is 0 Å². The topological polar surface area (TPSA) is 71.3 Å². The molecule has 2 aromatic heterocycles. The van der Waals surface area contributed by atoms with E-state index in [4.69, 9.17) is 4.52 Å². The van der Waals surface area contributed by atoms with Crippen molar-refractivity contribution < 1.29 is 9.32 Å². The summed E-state index contributed by atoms with van der Waals surface area (Å²) in [6, 6.07) is 5.67. The molecule has 0 unspecified atom stereocenters. The molecule has 2 aromatic rings. The van der Waals surface area contributed by atoms with Crippen LogP contribution < -0.4 is 10.2 Å². The number of nitrogens with one attached hydrogen (secondary N) is 1. The third kappa shape index (κ3) is 4.09. The summed E-state index contributed by atoms with van der Waals surface area (Å²) in [5, 5.41) is 6.52. The Kier molecular flexibility index (Phi) is 4.90. The fraction of sp³-hybridized carbons (Fsp3) is 0.471. The first-order chi connectivity index (χ1) is 11.2. The van der Waals surface area contributed by atoms with Gasteiger partial charge in [0.25, 0.3) is 5.91 Å². The van der Waals surface area contributed by atoms with Crippen LogP contribution in [0.1, 0.15) is 47.5 Å². The lowest BCUT2D eigenvalue weighted by molar-refractivity contribution is 0.0914. The normalized spacial score (nSPS) is 15.3. The van der Waals surface area contributed by atoms with Crippen molar-refractivity contribution in [1.82, 2.24) is 15.5 Å². The quantitative estimate of drug-likeness (QED) is 0.939. The van der Waals surface area contributed by atoms with Crippen LogP contribution in [0.3, 0.4) is 0 Å². The van der Waals surface area contributed by atoms with Crippen LogP contribution in [0.25, 0.3) is 0 Å². The lowest BCUT2D eigenvalue weighted by atomic mass is 10.2. The Morgan fingerprint density at radius 1 is 1.26 bits per heavy atom. The van der Waals surface area contributed by atoms with Gasteiger partial charge in [-0.1, -0.05) is 24.1 Å². The molecule has 1 N–H and O–H groups in total. The van der Waals surface area contributed by atoms with Crippen LogP contribution in [-0.4, -0.2) is 29.1 Å². The Hall–Kier alpha value is -2.37. The summed E-state index contributed by atoms with van der Waals surface area (Å²) in [4.78, 5) is 18.8. The molecule has 6 heteroatoms. The van der Waals surface area contributed by atoms with Crippen molar-refractivity contribution in [3.05, 3.63) is 41.4 Å². The van der Waals surface area contributed by atoms with E-state index in [2.05, 4.69) is 20.4 Å². The number of nitrogens with zero attached hydrogens (tertiary/aromatic N) is 3. The highest BCUT2D eigenvalue weighted by molar-refractivity contribution is 5.91. The molecular weight excluding hydrogens is 292 g/mol. The fourth-order valence-electron chi connectivity index (χ4n) is 2.75. The number of hydrogen-bond acceptors (Lipinski definition) is 5. The van der Waals surface area contributed by atoms with Gasteiger partial charge in [0.2, 0.25) is 5.76 Å². The van der Waals surface area contributed by atoms with Gasteiger partial charge in [0, 0.05) is 31.9 Å². The lowest BCUT2D eigenvalue weighted by Crippen LogP contribution is -2.25. The molecule has 0 bridgehead atoms. The molecule has 1 fully saturated rings. The van der Waals surface area contributed by atoms with E-state index in [-0.39, 0.29) is 11.7 Å². The maximum atomic E-state index is 11.9. The van der Waals surface area contributed by atoms with E-state index < -0.39 is 0 Å². The number of amides is 1. The number of aromatic nitrogens is 2. The summed E-state index contributed by atoms with van der Waals surface area (Å²) >= 11 is 0. The second-order valence-electron chi connectivity index (χ2n) is 5.94. The third-order valence-corrected chi connectivity index (χ3v) is 4.04. The second kappa shape index (κ2) is 7.26. The van der Waals surface area contributed by atoms with E-state index in [1.54, 1.807) is 13.0 Å². The van der Waals surface area contributed by atoms with Gasteiger partial charge in [-0.3, -0.25) is 4.79 Å². The average molecular weight is 314 g/mol. The Bertz CT molecular complexity index is 643. The largest absolute Gasteiger partial charge is 0.357 e. The van der Waals surface area contributed by atoms with Crippen molar-refractivity contribution >= 4 is 11.7 Å². The molecule has 0 spiro atoms. The predicted molar refractivity (Wildman–Crippen MR) is 87.3 cm³/mol. The van der Waals surface area contributed by atoms with E-state index in [1.807, 2.05) is 18.3 Å². The molecule has 23 heavy (non-hydrogen) atoms. The summed E-state index contributed by atoms with van der Waals surface area (Å²) in [7, 11) is 0. The Morgan fingerprint density at radius 2 is 2.04 bits per heavy atom. The SMILES string of the molecule is Cc1cc(C(=O)NCc2ccc(N3CCCCCC3)nc2)on1. The average Bonchev–Trinajstić information content (AvgIpc) is 2.84. The van der Waals surface area contributed by atoms with Gasteiger partial charge < -0.3 is 14.7 Å². The van der Waals surface area contributed by atoms with E-state index in [0.29, 0.717) is 12.2 Å². The van der Waals surface area contributed by atoms with Crippen LogP contribution in [0, 0.1) is 6.92 Å². The lowest BCUT2D eigenvalue weighted by Gasteiger charge is -2.21. The summed E-state index contributed by atoms with van der Waals surface area (Å²) in [5.74, 6) is 0.992. The number of carbonyl (C=O) groups is 1. The smallest absolute Gasteiger partial charge is 0.290 e. The molecule has 122 valence electrons. The van der Waals surface area contributed by atoms with Gasteiger partial charge in [-0.15, -0.1) is 0 Å². The molecule has 1 saturated heterocycles. The number of carbonyl (C=O) groups excluding carboxylic acids is 1. The molecule has 1 aliphatic rings. The van der Waals surface area contributed by atoms with Crippen molar-refractivity contribution in [3.63, 3.8) is 0 Å². The standard InChI is InChI=1S/C17H22N4O2/c1-13-10-15(23-20-13)17(22)19-12-14-6-7-16(18-11-14)21-8-4-2-3-5-9-21/h6-7,10-11H,2-5,8-9,12H2,1H3,(H,19,22). The number of aryl methyl sites for hydroxylation is 1. The Morgan fingerprint density at radius 3 is 2.65 bits per heavy atom. The zero-order chi connectivity index (χ0) is 16.1. The molecule has 0 atom stereocenters. The van der Waals surface area contributed by atoms with E-state index >= 15 is 0 Å². The molecule has 1 aliphatic heterocycles. The van der Waals surface area contributed by atoms with Crippen LogP contribution >= 0.6 is 0 Å². The summed E-state index contributed by atoms with van der Waals surface area (Å²) < 4.78 is 4.94. The van der Waals surface area contributed by atoms with Crippen molar-refractivity contribution in [2.75, 3.05) is 18.0 Å². The highest BCUT2D eigenvalue weighted by atomic mass is 16.5. The van der Waals surface area contributed by atoms with Crippen molar-refractivity contribution in [1.29, 1.82) is 0 Å². The van der Waals surface area contributed by atoms with Gasteiger partial charge >= 0.3 is 0 Å². The van der Waals surface area contributed by atoms with Gasteiger partial charge in [0.05, 0.1) is 5.69 Å². The molecule has 3 rings (SSSR count). The highest BCUT2D eigenvalue weighted by Gasteiger charge is 2.12. The summed E-state index contributed by atoms with van der Waals surface area (Å²) in [6.07, 6.45) is 6.90. The number of pyridine rings is 1. The van der Waals surface area contributed by atoms with Gasteiger partial charge in [-0.05, 0) is 31.4 Å². The zero-order valence-electron chi connectivity index (χ0n) is 13.4. The van der Waals surface area contributed by atoms with Crippen LogP contribution in [0.2, 0.25) is 0 Å². The van der Waals surface area contributed by atoms with Crippen molar-refractivity contribution in [2.45, 2.75) is 39.2 Å². The molecule has 1 amide bonds. The zero-order valence-corrected chi connectivity index (χ0v) is 13.4. The van der Waals surface area contributed by atoms with Gasteiger partial charge in [0.1, 0.15) is 5.82 Å². The minimum atomic E-state index is -0.262. The molecule has 0 aromatic carbocycles. The number of rotatable bonds is 4. The highest BCUT2D eigenvalue weighted by Crippen LogP contribution is 2.17. The molecule has 3 heterocycles. The Labute approximate surface area is 135 Å². The molecule has 0 radical (unpaired) electrons. The minimum Gasteiger partial charge on any atom is -0.357 e. The van der Waals surface area contributed by atoms with E-state index in [0.717, 1.165) is 24.5 Å². The van der Waals surface area contributed by atoms with Crippen molar-refractivity contribution in [3.8, 4) is 0 Å². The molecule has 0 aliphatic carbocycles. The third-order valence-electron chi connectivity index (χ3n) is 4.04. The van der Waals surface area contributed by atoms with Gasteiger partial charge in [-0.25, -0.2) is 4.98 Å². The Balaban J connectivity index is 1.55. The van der Waals surface area contributed by atoms with Crippen LogP contribution in [0.4, 0.5) is 5.82 Å². The first-order valence-electron chi connectivity index (χ1n) is 8.14. The maximum absolute atomic E-state index is 11.9. The first kappa shape index (κ1) is 15.5. The van der Waals surface area contributed by atoms with Gasteiger partial charge in [-0.2, -0.15) is 0 Å². The van der Waals surface area contributed by atoms with E-state index in [1.165, 1.54) is 25.7 Å². The molecular formula is C17H22N4O2. The summed E-state index contributed by atoms with van der Waals surface area (Å²) in [5.41, 5.74) is 1.66. The van der Waals surface area contributed by atoms with E-state index in [9.17, 15) is 4.79 Å². The number of hydrogen-bond donors (Lipinski definition) is 1. The van der Waals surface area contributed by atoms with Crippen LogP contribution in [-0.2, 0) is 6.54 Å². The fourth-order valence-corrected chi connectivity index (χ4v) is 2.75. The monoisotopic (exact) mass is 314 g/mol.